The Balaban J connectivity index is 1.50. The molecule has 2 heterocycles. The molecule has 2 unspecified atom stereocenters. The summed E-state index contributed by atoms with van der Waals surface area (Å²) in [7, 11) is 1.50. The molecule has 1 fully saturated rings. The van der Waals surface area contributed by atoms with Crippen LogP contribution in [-0.2, 0) is 13.0 Å². The van der Waals surface area contributed by atoms with Gasteiger partial charge in [0.05, 0.1) is 7.11 Å². The summed E-state index contributed by atoms with van der Waals surface area (Å²) in [4.78, 5) is 2.66. The number of methoxy groups -OCH3 is 1. The Labute approximate surface area is 155 Å². The number of nitrogens with zero attached hydrogens (tertiary/aromatic N) is 1. The van der Waals surface area contributed by atoms with Crippen LogP contribution in [0.25, 0.3) is 0 Å². The summed E-state index contributed by atoms with van der Waals surface area (Å²) in [5.74, 6) is 0.0459. The van der Waals surface area contributed by atoms with Gasteiger partial charge in [0, 0.05) is 18.6 Å². The average molecular weight is 351 g/mol. The smallest absolute Gasteiger partial charge is 0.165 e. The van der Waals surface area contributed by atoms with E-state index in [-0.39, 0.29) is 5.82 Å². The third-order valence-electron chi connectivity index (χ3n) is 5.71. The molecule has 3 heteroatoms. The van der Waals surface area contributed by atoms with Crippen LogP contribution in [0.4, 0.5) is 4.39 Å². The maximum absolute atomic E-state index is 14.0. The topological polar surface area (TPSA) is 12.5 Å². The highest BCUT2D eigenvalue weighted by atomic mass is 19.1. The molecular formula is C23H26FNO. The Kier molecular flexibility index (Phi) is 5.07. The Morgan fingerprint density at radius 2 is 1.92 bits per heavy atom. The first-order chi connectivity index (χ1) is 12.7. The van der Waals surface area contributed by atoms with Crippen LogP contribution >= 0.6 is 0 Å². The Bertz CT molecular complexity index is 786. The number of hydrogen-bond acceptors (Lipinski definition) is 2. The molecule has 2 aliphatic rings. The molecule has 0 radical (unpaired) electrons. The first-order valence-corrected chi connectivity index (χ1v) is 9.54. The van der Waals surface area contributed by atoms with Crippen LogP contribution in [0.3, 0.4) is 0 Å². The third-order valence-corrected chi connectivity index (χ3v) is 5.71. The van der Waals surface area contributed by atoms with E-state index in [0.29, 0.717) is 17.8 Å². The van der Waals surface area contributed by atoms with Crippen molar-refractivity contribution in [1.29, 1.82) is 0 Å². The van der Waals surface area contributed by atoms with Crippen LogP contribution in [0, 0.1) is 5.82 Å². The van der Waals surface area contributed by atoms with Crippen molar-refractivity contribution < 1.29 is 9.13 Å². The lowest BCUT2D eigenvalue weighted by atomic mass is 9.83. The minimum Gasteiger partial charge on any atom is -0.494 e. The molecule has 136 valence electrons. The summed E-state index contributed by atoms with van der Waals surface area (Å²) in [6.07, 6.45) is 8.17. The van der Waals surface area contributed by atoms with Gasteiger partial charge in [-0.1, -0.05) is 54.5 Å². The zero-order valence-electron chi connectivity index (χ0n) is 15.3. The maximum atomic E-state index is 14.0. The summed E-state index contributed by atoms with van der Waals surface area (Å²) < 4.78 is 19.0. The standard InChI is InChI=1S/C23H26FNO/c1-26-23-11-10-18(15-22(23)24)12-19-13-20-8-5-9-21(14-19)25(20)16-17-6-3-2-4-7-17/h2-4,6-7,10-11,13,15,20-21H,5,8-9,12,14,16H2,1H3. The molecule has 2 aromatic rings. The first-order valence-electron chi connectivity index (χ1n) is 9.54. The highest BCUT2D eigenvalue weighted by molar-refractivity contribution is 5.33. The van der Waals surface area contributed by atoms with E-state index in [1.165, 1.54) is 37.5 Å². The van der Waals surface area contributed by atoms with Crippen LogP contribution in [0.1, 0.15) is 36.8 Å². The predicted molar refractivity (Wildman–Crippen MR) is 103 cm³/mol. The van der Waals surface area contributed by atoms with Crippen LogP contribution in [0.2, 0.25) is 0 Å². The van der Waals surface area contributed by atoms with E-state index in [9.17, 15) is 4.39 Å². The van der Waals surface area contributed by atoms with Gasteiger partial charge < -0.3 is 4.74 Å². The molecule has 1 saturated heterocycles. The summed E-state index contributed by atoms with van der Waals surface area (Å²) >= 11 is 0. The summed E-state index contributed by atoms with van der Waals surface area (Å²) in [6.45, 7) is 1.02. The second-order valence-corrected chi connectivity index (χ2v) is 7.48. The molecule has 4 rings (SSSR count). The fourth-order valence-electron chi connectivity index (χ4n) is 4.46. The SMILES string of the molecule is COc1ccc(CC2=CC3CCCC(C2)N3Cc2ccccc2)cc1F. The summed E-state index contributed by atoms with van der Waals surface area (Å²) in [5, 5.41) is 0. The third kappa shape index (κ3) is 3.68. The van der Waals surface area contributed by atoms with Gasteiger partial charge in [-0.15, -0.1) is 0 Å². The number of hydrogen-bond donors (Lipinski definition) is 0. The van der Waals surface area contributed by atoms with Crippen molar-refractivity contribution in [3.63, 3.8) is 0 Å². The molecule has 0 N–H and O–H groups in total. The van der Waals surface area contributed by atoms with Crippen molar-refractivity contribution in [2.45, 2.75) is 50.7 Å². The lowest BCUT2D eigenvalue weighted by Gasteiger charge is -2.45. The molecule has 2 aliphatic heterocycles. The first kappa shape index (κ1) is 17.3. The van der Waals surface area contributed by atoms with Crippen LogP contribution < -0.4 is 4.74 Å². The lowest BCUT2D eigenvalue weighted by molar-refractivity contribution is 0.0880. The Morgan fingerprint density at radius 3 is 2.65 bits per heavy atom. The van der Waals surface area contributed by atoms with E-state index in [4.69, 9.17) is 4.74 Å². The molecule has 0 saturated carbocycles. The van der Waals surface area contributed by atoms with Gasteiger partial charge in [0.2, 0.25) is 0 Å². The highest BCUT2D eigenvalue weighted by Gasteiger charge is 2.33. The quantitative estimate of drug-likeness (QED) is 0.693. The minimum atomic E-state index is -0.271. The largest absolute Gasteiger partial charge is 0.494 e. The summed E-state index contributed by atoms with van der Waals surface area (Å²) in [5.41, 5.74) is 3.87. The van der Waals surface area contributed by atoms with Gasteiger partial charge in [-0.2, -0.15) is 0 Å². The van der Waals surface area contributed by atoms with Crippen molar-refractivity contribution >= 4 is 0 Å². The van der Waals surface area contributed by atoms with Gasteiger partial charge in [0.15, 0.2) is 11.6 Å². The Morgan fingerprint density at radius 1 is 1.08 bits per heavy atom. The molecule has 2 bridgehead atoms. The zero-order valence-corrected chi connectivity index (χ0v) is 15.3. The molecule has 0 amide bonds. The van der Waals surface area contributed by atoms with Crippen molar-refractivity contribution in [3.8, 4) is 5.75 Å². The molecule has 2 atom stereocenters. The van der Waals surface area contributed by atoms with Gasteiger partial charge in [-0.3, -0.25) is 4.90 Å². The minimum absolute atomic E-state index is 0.271. The van der Waals surface area contributed by atoms with E-state index >= 15 is 0 Å². The van der Waals surface area contributed by atoms with Gasteiger partial charge >= 0.3 is 0 Å². The zero-order chi connectivity index (χ0) is 17.9. The second-order valence-electron chi connectivity index (χ2n) is 7.48. The number of piperidine rings is 1. The number of fused-ring (bicyclic) bond motifs is 2. The molecular weight excluding hydrogens is 325 g/mol. The van der Waals surface area contributed by atoms with Crippen LogP contribution in [0.5, 0.6) is 5.75 Å². The van der Waals surface area contributed by atoms with Crippen molar-refractivity contribution in [2.24, 2.45) is 0 Å². The number of benzene rings is 2. The van der Waals surface area contributed by atoms with Gasteiger partial charge in [-0.05, 0) is 48.9 Å². The van der Waals surface area contributed by atoms with Crippen molar-refractivity contribution in [2.75, 3.05) is 7.11 Å². The molecule has 0 spiro atoms. The fourth-order valence-corrected chi connectivity index (χ4v) is 4.46. The monoisotopic (exact) mass is 351 g/mol. The summed E-state index contributed by atoms with van der Waals surface area (Å²) in [6, 6.07) is 17.2. The van der Waals surface area contributed by atoms with E-state index in [2.05, 4.69) is 41.3 Å². The molecule has 2 nitrogen and oxygen atoms in total. The normalized spacial score (nSPS) is 22.8. The number of halogens is 1. The number of rotatable bonds is 5. The van der Waals surface area contributed by atoms with Crippen LogP contribution in [0.15, 0.2) is 60.2 Å². The van der Waals surface area contributed by atoms with E-state index < -0.39 is 0 Å². The maximum Gasteiger partial charge on any atom is 0.165 e. The lowest BCUT2D eigenvalue weighted by Crippen LogP contribution is -2.48. The molecule has 26 heavy (non-hydrogen) atoms. The highest BCUT2D eigenvalue weighted by Crippen LogP contribution is 2.35. The second kappa shape index (κ2) is 7.63. The average Bonchev–Trinajstić information content (AvgIpc) is 2.63. The number of ether oxygens (including phenoxy) is 1. The Hall–Kier alpha value is -2.13. The van der Waals surface area contributed by atoms with E-state index in [1.54, 1.807) is 12.1 Å². The molecule has 0 aliphatic carbocycles. The van der Waals surface area contributed by atoms with E-state index in [1.807, 2.05) is 6.07 Å². The van der Waals surface area contributed by atoms with Crippen LogP contribution in [-0.4, -0.2) is 24.1 Å². The fraction of sp³-hybridized carbons (Fsp3) is 0.391. The van der Waals surface area contributed by atoms with Gasteiger partial charge in [-0.25, -0.2) is 4.39 Å². The van der Waals surface area contributed by atoms with Crippen molar-refractivity contribution in [3.05, 3.63) is 77.1 Å². The van der Waals surface area contributed by atoms with Crippen molar-refractivity contribution in [1.82, 2.24) is 4.90 Å². The van der Waals surface area contributed by atoms with E-state index in [0.717, 1.165) is 24.9 Å². The molecule has 2 aromatic carbocycles. The molecule has 0 aromatic heterocycles. The van der Waals surface area contributed by atoms with Gasteiger partial charge in [0.1, 0.15) is 0 Å². The predicted octanol–water partition coefficient (Wildman–Crippen LogP) is 5.13. The van der Waals surface area contributed by atoms with Gasteiger partial charge in [0.25, 0.3) is 0 Å².